The van der Waals surface area contributed by atoms with E-state index in [9.17, 15) is 19.2 Å². The number of allylic oxidation sites excluding steroid dienone is 3. The number of hydrogen-bond donors (Lipinski definition) is 0. The van der Waals surface area contributed by atoms with Crippen LogP contribution in [0.3, 0.4) is 0 Å². The maximum Gasteiger partial charge on any atom is 0.333 e. The van der Waals surface area contributed by atoms with E-state index in [0.29, 0.717) is 71.0 Å². The molecule has 0 aromatic carbocycles. The molecule has 246 valence electrons. The minimum atomic E-state index is -0.448. The predicted octanol–water partition coefficient (Wildman–Crippen LogP) is 4.07. The highest BCUT2D eigenvalue weighted by Crippen LogP contribution is 2.28. The van der Waals surface area contributed by atoms with Gasteiger partial charge in [0.1, 0.15) is 0 Å². The Morgan fingerprint density at radius 3 is 1.74 bits per heavy atom. The molecule has 0 radical (unpaired) electrons. The largest absolute Gasteiger partial charge is 0.469 e. The number of ether oxygens (including phenoxy) is 4. The van der Waals surface area contributed by atoms with Crippen LogP contribution in [-0.2, 0) is 38.1 Å². The lowest BCUT2D eigenvalue weighted by atomic mass is 9.84. The fraction of sp³-hybridized carbons (Fsp3) is 0.688. The van der Waals surface area contributed by atoms with Crippen LogP contribution in [0.15, 0.2) is 37.0 Å². The first kappa shape index (κ1) is 40.4. The summed E-state index contributed by atoms with van der Waals surface area (Å²) in [6.45, 7) is 20.3. The van der Waals surface area contributed by atoms with Crippen molar-refractivity contribution >= 4 is 37.2 Å². The Hall–Kier alpha value is -2.63. The lowest BCUT2D eigenvalue weighted by Gasteiger charge is -2.28. The van der Waals surface area contributed by atoms with E-state index in [1.54, 1.807) is 15.9 Å². The van der Waals surface area contributed by atoms with Gasteiger partial charge in [-0.05, 0) is 30.1 Å². The van der Waals surface area contributed by atoms with Crippen LogP contribution in [0, 0.1) is 16.7 Å². The third-order valence-electron chi connectivity index (χ3n) is 7.59. The van der Waals surface area contributed by atoms with Gasteiger partial charge in [-0.1, -0.05) is 45.9 Å². The third-order valence-corrected chi connectivity index (χ3v) is 7.59. The first-order valence-corrected chi connectivity index (χ1v) is 14.6. The molecular formula is C32H54N2O8S. The molecule has 11 heteroatoms. The SMILES string of the molecule is C=CC(C)(C)C/C=C(\CC(=O)N1CCOCC1)C(=O)OC.C=CC(C)(C)CC[C@H](CC(=O)N1CCOCC1)C(=O)OC.S. The van der Waals surface area contributed by atoms with Crippen molar-refractivity contribution in [2.75, 3.05) is 66.8 Å². The minimum absolute atomic E-state index is 0. The summed E-state index contributed by atoms with van der Waals surface area (Å²) in [5.41, 5.74) is 0.235. The predicted molar refractivity (Wildman–Crippen MR) is 172 cm³/mol. The van der Waals surface area contributed by atoms with Crippen LogP contribution in [0.4, 0.5) is 0 Å². The van der Waals surface area contributed by atoms with Gasteiger partial charge < -0.3 is 28.7 Å². The van der Waals surface area contributed by atoms with E-state index in [-0.39, 0.29) is 60.9 Å². The molecule has 2 fully saturated rings. The molecule has 0 spiro atoms. The average molecular weight is 627 g/mol. The Morgan fingerprint density at radius 1 is 0.814 bits per heavy atom. The topological polar surface area (TPSA) is 112 Å². The quantitative estimate of drug-likeness (QED) is 0.171. The Kier molecular flexibility index (Phi) is 19.1. The van der Waals surface area contributed by atoms with E-state index in [1.165, 1.54) is 14.2 Å². The van der Waals surface area contributed by atoms with E-state index < -0.39 is 5.97 Å². The standard InChI is InChI=1S/C16H27NO4.C16H25NO4.H2S/c2*1-5-16(2,3)7-6-13(15(19)20-4)12-14(18)17-8-10-21-11-9-17;/h5,13H,1,6-12H2,2-4H3;5-6H,1,7-12H2,2-4H3;1H2/b;13-6+;/t13-;;/m1../s1. The first-order valence-electron chi connectivity index (χ1n) is 14.6. The van der Waals surface area contributed by atoms with Gasteiger partial charge in [0, 0.05) is 38.2 Å². The Labute approximate surface area is 265 Å². The third kappa shape index (κ3) is 15.6. The van der Waals surface area contributed by atoms with Crippen LogP contribution in [0.5, 0.6) is 0 Å². The Bertz CT molecular complexity index is 951. The second-order valence-electron chi connectivity index (χ2n) is 11.9. The zero-order chi connectivity index (χ0) is 31.8. The molecule has 2 rings (SSSR count). The molecule has 2 aliphatic heterocycles. The van der Waals surface area contributed by atoms with Crippen LogP contribution in [0.2, 0.25) is 0 Å². The molecule has 2 heterocycles. The molecule has 43 heavy (non-hydrogen) atoms. The lowest BCUT2D eigenvalue weighted by molar-refractivity contribution is -0.150. The molecular weight excluding hydrogens is 572 g/mol. The van der Waals surface area contributed by atoms with Crippen molar-refractivity contribution in [1.82, 2.24) is 9.80 Å². The van der Waals surface area contributed by atoms with Crippen molar-refractivity contribution in [1.29, 1.82) is 0 Å². The van der Waals surface area contributed by atoms with Gasteiger partial charge in [-0.15, -0.1) is 13.2 Å². The zero-order valence-electron chi connectivity index (χ0n) is 27.1. The summed E-state index contributed by atoms with van der Waals surface area (Å²) in [4.78, 5) is 51.7. The van der Waals surface area contributed by atoms with Crippen LogP contribution in [0.1, 0.15) is 59.8 Å². The summed E-state index contributed by atoms with van der Waals surface area (Å²) in [5.74, 6) is -1.20. The van der Waals surface area contributed by atoms with Gasteiger partial charge >= 0.3 is 11.9 Å². The minimum Gasteiger partial charge on any atom is -0.469 e. The highest BCUT2D eigenvalue weighted by Gasteiger charge is 2.28. The number of morpholine rings is 2. The molecule has 0 aliphatic carbocycles. The maximum absolute atomic E-state index is 12.3. The van der Waals surface area contributed by atoms with Crippen molar-refractivity contribution in [3.05, 3.63) is 37.0 Å². The molecule has 0 bridgehead atoms. The summed E-state index contributed by atoms with van der Waals surface area (Å²) in [6.07, 6.45) is 7.84. The van der Waals surface area contributed by atoms with Crippen molar-refractivity contribution in [2.45, 2.75) is 59.8 Å². The van der Waals surface area contributed by atoms with Crippen LogP contribution in [0.25, 0.3) is 0 Å². The monoisotopic (exact) mass is 626 g/mol. The van der Waals surface area contributed by atoms with Gasteiger partial charge in [-0.2, -0.15) is 13.5 Å². The fourth-order valence-corrected chi connectivity index (χ4v) is 4.19. The second-order valence-corrected chi connectivity index (χ2v) is 11.9. The van der Waals surface area contributed by atoms with Crippen molar-refractivity contribution < 1.29 is 38.1 Å². The number of esters is 2. The molecule has 0 aromatic heterocycles. The van der Waals surface area contributed by atoms with Crippen LogP contribution >= 0.6 is 13.5 Å². The maximum atomic E-state index is 12.3. The summed E-state index contributed by atoms with van der Waals surface area (Å²) in [7, 11) is 2.70. The van der Waals surface area contributed by atoms with Crippen molar-refractivity contribution in [3.8, 4) is 0 Å². The summed E-state index contributed by atoms with van der Waals surface area (Å²) < 4.78 is 20.1. The van der Waals surface area contributed by atoms with Crippen LogP contribution < -0.4 is 0 Å². The number of methoxy groups -OCH3 is 2. The van der Waals surface area contributed by atoms with E-state index >= 15 is 0 Å². The van der Waals surface area contributed by atoms with Crippen molar-refractivity contribution in [3.63, 3.8) is 0 Å². The van der Waals surface area contributed by atoms with E-state index in [2.05, 4.69) is 27.0 Å². The molecule has 0 unspecified atom stereocenters. The number of carbonyl (C=O) groups is 4. The normalized spacial score (nSPS) is 16.5. The molecule has 0 N–H and O–H groups in total. The van der Waals surface area contributed by atoms with Gasteiger partial charge in [0.05, 0.1) is 53.0 Å². The Morgan fingerprint density at radius 2 is 1.30 bits per heavy atom. The second kappa shape index (κ2) is 20.3. The average Bonchev–Trinajstić information content (AvgIpc) is 3.01. The number of carbonyl (C=O) groups excluding carboxylic acids is 4. The molecule has 0 aromatic rings. The molecule has 2 aliphatic rings. The number of hydrogen-bond acceptors (Lipinski definition) is 8. The number of nitrogens with zero attached hydrogens (tertiary/aromatic N) is 2. The van der Waals surface area contributed by atoms with Gasteiger partial charge in [-0.25, -0.2) is 4.79 Å². The number of amides is 2. The molecule has 2 amide bonds. The van der Waals surface area contributed by atoms with E-state index in [4.69, 9.17) is 18.9 Å². The van der Waals surface area contributed by atoms with Gasteiger partial charge in [0.2, 0.25) is 11.8 Å². The van der Waals surface area contributed by atoms with Gasteiger partial charge in [0.25, 0.3) is 0 Å². The van der Waals surface area contributed by atoms with Gasteiger partial charge in [0.15, 0.2) is 0 Å². The van der Waals surface area contributed by atoms with E-state index in [0.717, 1.165) is 6.42 Å². The van der Waals surface area contributed by atoms with Crippen molar-refractivity contribution in [2.24, 2.45) is 16.7 Å². The summed E-state index contributed by atoms with van der Waals surface area (Å²) >= 11 is 0. The zero-order valence-corrected chi connectivity index (χ0v) is 28.1. The first-order chi connectivity index (χ1) is 19.8. The molecule has 1 atom stereocenters. The van der Waals surface area contributed by atoms with Gasteiger partial charge in [-0.3, -0.25) is 14.4 Å². The lowest BCUT2D eigenvalue weighted by Crippen LogP contribution is -2.42. The van der Waals surface area contributed by atoms with Crippen LogP contribution in [-0.4, -0.2) is 100 Å². The summed E-state index contributed by atoms with van der Waals surface area (Å²) in [5, 5.41) is 0. The molecule has 2 saturated heterocycles. The molecule has 10 nitrogen and oxygen atoms in total. The Balaban J connectivity index is 0.000000802. The highest BCUT2D eigenvalue weighted by molar-refractivity contribution is 7.59. The van der Waals surface area contributed by atoms with E-state index in [1.807, 2.05) is 26.0 Å². The smallest absolute Gasteiger partial charge is 0.333 e. The highest BCUT2D eigenvalue weighted by atomic mass is 32.1. The molecule has 0 saturated carbocycles. The fourth-order valence-electron chi connectivity index (χ4n) is 4.19. The summed E-state index contributed by atoms with van der Waals surface area (Å²) in [6, 6.07) is 0. The number of rotatable bonds is 13.